The number of nitrogens with zero attached hydrogens (tertiary/aromatic N) is 2. The first-order valence-electron chi connectivity index (χ1n) is 7.93. The highest BCUT2D eigenvalue weighted by Crippen LogP contribution is 2.36. The van der Waals surface area contributed by atoms with Crippen molar-refractivity contribution in [1.82, 2.24) is 4.98 Å². The Labute approximate surface area is 155 Å². The van der Waals surface area contributed by atoms with E-state index in [0.717, 1.165) is 27.7 Å². The van der Waals surface area contributed by atoms with E-state index >= 15 is 0 Å². The van der Waals surface area contributed by atoms with Gasteiger partial charge in [0.1, 0.15) is 5.75 Å². The fourth-order valence-electron chi connectivity index (χ4n) is 2.61. The third-order valence-corrected chi connectivity index (χ3v) is 4.88. The van der Waals surface area contributed by atoms with Gasteiger partial charge in [-0.3, -0.25) is 4.79 Å². The molecular formula is C20H17N3O2S. The highest BCUT2D eigenvalue weighted by Gasteiger charge is 2.12. The minimum atomic E-state index is -0.0407. The molecule has 0 spiro atoms. The fourth-order valence-corrected chi connectivity index (χ4v) is 3.34. The SMILES string of the molecule is C=C(C#N)CNc1c(OC)ccc2ccc(-c3csc(C(C)=O)n3)cc12. The summed E-state index contributed by atoms with van der Waals surface area (Å²) in [4.78, 5) is 15.9. The van der Waals surface area contributed by atoms with Gasteiger partial charge in [0, 0.05) is 35.4 Å². The lowest BCUT2D eigenvalue weighted by Crippen LogP contribution is -2.05. The van der Waals surface area contributed by atoms with Crippen LogP contribution in [0.4, 0.5) is 5.69 Å². The molecule has 0 fully saturated rings. The number of hydrogen-bond acceptors (Lipinski definition) is 6. The second-order valence-electron chi connectivity index (χ2n) is 5.74. The molecule has 130 valence electrons. The number of carbonyl (C=O) groups is 1. The number of fused-ring (bicyclic) bond motifs is 1. The predicted octanol–water partition coefficient (Wildman–Crippen LogP) is 4.67. The van der Waals surface area contributed by atoms with Gasteiger partial charge in [0.05, 0.1) is 24.6 Å². The maximum absolute atomic E-state index is 11.5. The van der Waals surface area contributed by atoms with E-state index in [-0.39, 0.29) is 5.78 Å². The molecule has 0 saturated heterocycles. The topological polar surface area (TPSA) is 75.0 Å². The number of aromatic nitrogens is 1. The Bertz CT molecular complexity index is 1050. The lowest BCUT2D eigenvalue weighted by Gasteiger charge is -2.14. The molecule has 0 atom stereocenters. The molecule has 0 unspecified atom stereocenters. The van der Waals surface area contributed by atoms with Crippen molar-refractivity contribution < 1.29 is 9.53 Å². The third-order valence-electron chi connectivity index (χ3n) is 3.94. The van der Waals surface area contributed by atoms with E-state index in [1.54, 1.807) is 7.11 Å². The van der Waals surface area contributed by atoms with Gasteiger partial charge >= 0.3 is 0 Å². The molecule has 1 N–H and O–H groups in total. The van der Waals surface area contributed by atoms with Crippen molar-refractivity contribution in [1.29, 1.82) is 5.26 Å². The standard InChI is InChI=1S/C20H17N3O2S/c1-12(9-21)10-22-19-16-8-15(17-11-26-20(23-17)13(2)24)5-4-14(16)6-7-18(19)25-3/h4-8,11,22H,1,10H2,2-3H3. The second kappa shape index (κ2) is 7.38. The summed E-state index contributed by atoms with van der Waals surface area (Å²) in [5, 5.41) is 16.5. The number of hydrogen-bond donors (Lipinski definition) is 1. The fraction of sp³-hybridized carbons (Fsp3) is 0.150. The molecule has 3 rings (SSSR count). The molecule has 5 nitrogen and oxygen atoms in total. The van der Waals surface area contributed by atoms with Crippen LogP contribution in [-0.4, -0.2) is 24.4 Å². The van der Waals surface area contributed by atoms with Crippen molar-refractivity contribution in [2.24, 2.45) is 0 Å². The molecule has 1 heterocycles. The van der Waals surface area contributed by atoms with Crippen molar-refractivity contribution in [3.63, 3.8) is 0 Å². The zero-order chi connectivity index (χ0) is 18.7. The first-order chi connectivity index (χ1) is 12.5. The van der Waals surface area contributed by atoms with Gasteiger partial charge < -0.3 is 10.1 Å². The summed E-state index contributed by atoms with van der Waals surface area (Å²) >= 11 is 1.34. The summed E-state index contributed by atoms with van der Waals surface area (Å²) in [5.74, 6) is 0.643. The van der Waals surface area contributed by atoms with E-state index in [1.165, 1.54) is 18.3 Å². The molecule has 0 amide bonds. The van der Waals surface area contributed by atoms with Gasteiger partial charge in [-0.2, -0.15) is 5.26 Å². The van der Waals surface area contributed by atoms with Gasteiger partial charge in [0.15, 0.2) is 10.8 Å². The van der Waals surface area contributed by atoms with Crippen LogP contribution in [-0.2, 0) is 0 Å². The minimum Gasteiger partial charge on any atom is -0.495 e. The first kappa shape index (κ1) is 17.6. The zero-order valence-corrected chi connectivity index (χ0v) is 15.3. The van der Waals surface area contributed by atoms with E-state index < -0.39 is 0 Å². The van der Waals surface area contributed by atoms with Crippen LogP contribution in [0.3, 0.4) is 0 Å². The number of carbonyl (C=O) groups excluding carboxylic acids is 1. The van der Waals surface area contributed by atoms with Crippen molar-refractivity contribution in [2.75, 3.05) is 19.0 Å². The lowest BCUT2D eigenvalue weighted by molar-refractivity contribution is 0.101. The molecule has 0 bridgehead atoms. The van der Waals surface area contributed by atoms with Crippen LogP contribution in [0.1, 0.15) is 16.7 Å². The van der Waals surface area contributed by atoms with Crippen LogP contribution in [0.25, 0.3) is 22.0 Å². The number of anilines is 1. The number of ether oxygens (including phenoxy) is 1. The van der Waals surface area contributed by atoms with Crippen molar-refractivity contribution in [3.8, 4) is 23.1 Å². The quantitative estimate of drug-likeness (QED) is 0.509. The van der Waals surface area contributed by atoms with Crippen LogP contribution in [0.2, 0.25) is 0 Å². The van der Waals surface area contributed by atoms with Crippen LogP contribution < -0.4 is 10.1 Å². The van der Waals surface area contributed by atoms with Crippen LogP contribution in [0, 0.1) is 11.3 Å². The summed E-state index contributed by atoms with van der Waals surface area (Å²) in [6.07, 6.45) is 0. The van der Waals surface area contributed by atoms with Gasteiger partial charge in [-0.15, -0.1) is 11.3 Å². The largest absolute Gasteiger partial charge is 0.495 e. The van der Waals surface area contributed by atoms with E-state index in [2.05, 4.69) is 16.9 Å². The first-order valence-corrected chi connectivity index (χ1v) is 8.80. The van der Waals surface area contributed by atoms with Crippen molar-refractivity contribution >= 4 is 33.6 Å². The molecule has 3 aromatic rings. The van der Waals surface area contributed by atoms with Crippen molar-refractivity contribution in [3.05, 3.63) is 52.9 Å². The molecule has 0 saturated carbocycles. The van der Waals surface area contributed by atoms with Gasteiger partial charge in [0.25, 0.3) is 0 Å². The second-order valence-corrected chi connectivity index (χ2v) is 6.60. The highest BCUT2D eigenvalue weighted by molar-refractivity contribution is 7.12. The predicted molar refractivity (Wildman–Crippen MR) is 105 cm³/mol. The Balaban J connectivity index is 2.09. The summed E-state index contributed by atoms with van der Waals surface area (Å²) in [6.45, 7) is 5.55. The van der Waals surface area contributed by atoms with Gasteiger partial charge in [-0.25, -0.2) is 4.98 Å². The Morgan fingerprint density at radius 2 is 2.15 bits per heavy atom. The summed E-state index contributed by atoms with van der Waals surface area (Å²) in [6, 6.07) is 11.9. The Morgan fingerprint density at radius 1 is 1.38 bits per heavy atom. The number of thiazole rings is 1. The van der Waals surface area contributed by atoms with E-state index in [1.807, 2.05) is 41.8 Å². The molecule has 0 radical (unpaired) electrons. The average Bonchev–Trinajstić information content (AvgIpc) is 3.15. The number of methoxy groups -OCH3 is 1. The molecular weight excluding hydrogens is 346 g/mol. The molecule has 0 aliphatic heterocycles. The molecule has 6 heteroatoms. The number of nitrogens with one attached hydrogen (secondary N) is 1. The third kappa shape index (κ3) is 3.44. The smallest absolute Gasteiger partial charge is 0.188 e. The number of Topliss-reactive ketones (excluding diaryl/α,β-unsaturated/α-hetero) is 1. The maximum atomic E-state index is 11.5. The molecule has 2 aromatic carbocycles. The van der Waals surface area contributed by atoms with Gasteiger partial charge in [-0.05, 0) is 17.5 Å². The Morgan fingerprint density at radius 3 is 2.81 bits per heavy atom. The number of benzene rings is 2. The average molecular weight is 363 g/mol. The van der Waals surface area contributed by atoms with Crippen LogP contribution >= 0.6 is 11.3 Å². The molecule has 0 aliphatic carbocycles. The lowest BCUT2D eigenvalue weighted by atomic mass is 10.0. The van der Waals surface area contributed by atoms with Crippen molar-refractivity contribution in [2.45, 2.75) is 6.92 Å². The van der Waals surface area contributed by atoms with E-state index in [9.17, 15) is 4.79 Å². The summed E-state index contributed by atoms with van der Waals surface area (Å²) in [5.41, 5.74) is 2.91. The monoisotopic (exact) mass is 363 g/mol. The van der Waals surface area contributed by atoms with E-state index in [0.29, 0.717) is 22.9 Å². The zero-order valence-electron chi connectivity index (χ0n) is 14.5. The molecule has 1 aromatic heterocycles. The Hall–Kier alpha value is -3.17. The normalized spacial score (nSPS) is 10.3. The van der Waals surface area contributed by atoms with E-state index in [4.69, 9.17) is 10.00 Å². The molecule has 0 aliphatic rings. The summed E-state index contributed by atoms with van der Waals surface area (Å²) in [7, 11) is 1.61. The maximum Gasteiger partial charge on any atom is 0.188 e. The van der Waals surface area contributed by atoms with Crippen LogP contribution in [0.15, 0.2) is 47.9 Å². The molecule has 26 heavy (non-hydrogen) atoms. The minimum absolute atomic E-state index is 0.0407. The van der Waals surface area contributed by atoms with Gasteiger partial charge in [-0.1, -0.05) is 24.8 Å². The number of rotatable bonds is 6. The summed E-state index contributed by atoms with van der Waals surface area (Å²) < 4.78 is 5.47. The number of ketones is 1. The Kier molecular flexibility index (Phi) is 5.01. The van der Waals surface area contributed by atoms with Gasteiger partial charge in [0.2, 0.25) is 0 Å². The highest BCUT2D eigenvalue weighted by atomic mass is 32.1. The number of nitriles is 1. The van der Waals surface area contributed by atoms with Crippen LogP contribution in [0.5, 0.6) is 5.75 Å².